The van der Waals surface area contributed by atoms with Crippen molar-refractivity contribution in [3.8, 4) is 0 Å². The van der Waals surface area contributed by atoms with Crippen LogP contribution in [-0.2, 0) is 19.5 Å². The van der Waals surface area contributed by atoms with Crippen LogP contribution < -0.4 is 5.32 Å². The van der Waals surface area contributed by atoms with E-state index in [-0.39, 0.29) is 5.41 Å². The highest BCUT2D eigenvalue weighted by atomic mass is 32.1. The molecule has 3 nitrogen and oxygen atoms in total. The van der Waals surface area contributed by atoms with Gasteiger partial charge in [-0.3, -0.25) is 0 Å². The Kier molecular flexibility index (Phi) is 5.00. The minimum Gasteiger partial charge on any atom is -0.336 e. The summed E-state index contributed by atoms with van der Waals surface area (Å²) in [6.45, 7) is 11.0. The van der Waals surface area contributed by atoms with E-state index in [0.717, 1.165) is 19.5 Å². The van der Waals surface area contributed by atoms with Gasteiger partial charge >= 0.3 is 0 Å². The minimum atomic E-state index is 0.217. The summed E-state index contributed by atoms with van der Waals surface area (Å²) in [5.41, 5.74) is 0.217. The van der Waals surface area contributed by atoms with Crippen LogP contribution in [0.3, 0.4) is 0 Å². The van der Waals surface area contributed by atoms with Gasteiger partial charge in [0, 0.05) is 41.3 Å². The third kappa shape index (κ3) is 4.18. The fourth-order valence-corrected chi connectivity index (χ4v) is 3.09. The van der Waals surface area contributed by atoms with Crippen molar-refractivity contribution in [2.45, 2.75) is 53.2 Å². The smallest absolute Gasteiger partial charge is 0.0946 e. The van der Waals surface area contributed by atoms with Crippen molar-refractivity contribution in [2.24, 2.45) is 5.41 Å². The number of nitrogens with one attached hydrogen (secondary N) is 1. The molecule has 2 aromatic heterocycles. The van der Waals surface area contributed by atoms with E-state index in [9.17, 15) is 0 Å². The van der Waals surface area contributed by atoms with Gasteiger partial charge in [-0.15, -0.1) is 11.3 Å². The molecule has 1 N–H and O–H groups in total. The Morgan fingerprint density at radius 1 is 1.30 bits per heavy atom. The Labute approximate surface area is 126 Å². The Morgan fingerprint density at radius 3 is 2.60 bits per heavy atom. The van der Waals surface area contributed by atoms with Crippen LogP contribution >= 0.6 is 11.3 Å². The fraction of sp³-hybridized carbons (Fsp3) is 0.562. The molecule has 0 amide bonds. The zero-order valence-corrected chi connectivity index (χ0v) is 13.7. The number of nitrogens with zero attached hydrogens (tertiary/aromatic N) is 2. The standard InChI is InChI=1S/C16H25N3S/c1-5-13-6-7-14(20-13)10-18-15(16(2,3)4)11-19-9-8-17-12-19/h6-9,12,15,18H,5,10-11H2,1-4H3. The molecule has 110 valence electrons. The zero-order chi connectivity index (χ0) is 14.6. The molecular formula is C16H25N3S. The monoisotopic (exact) mass is 291 g/mol. The van der Waals surface area contributed by atoms with Crippen LogP contribution in [0, 0.1) is 5.41 Å². The van der Waals surface area contributed by atoms with Crippen LogP contribution in [0.15, 0.2) is 30.9 Å². The fourth-order valence-electron chi connectivity index (χ4n) is 2.18. The maximum absolute atomic E-state index is 4.13. The quantitative estimate of drug-likeness (QED) is 0.879. The highest BCUT2D eigenvalue weighted by Crippen LogP contribution is 2.22. The van der Waals surface area contributed by atoms with Crippen LogP contribution in [0.2, 0.25) is 0 Å². The first-order valence-corrected chi connectivity index (χ1v) is 8.07. The number of thiophene rings is 1. The highest BCUT2D eigenvalue weighted by molar-refractivity contribution is 7.11. The second-order valence-corrected chi connectivity index (χ2v) is 7.53. The molecule has 0 fully saturated rings. The van der Waals surface area contributed by atoms with Gasteiger partial charge in [-0.1, -0.05) is 27.7 Å². The average molecular weight is 291 g/mol. The molecule has 1 unspecified atom stereocenters. The van der Waals surface area contributed by atoms with E-state index in [1.165, 1.54) is 9.75 Å². The molecule has 0 saturated heterocycles. The van der Waals surface area contributed by atoms with Gasteiger partial charge in [-0.2, -0.15) is 0 Å². The van der Waals surface area contributed by atoms with Gasteiger partial charge in [-0.25, -0.2) is 4.98 Å². The van der Waals surface area contributed by atoms with E-state index in [1.54, 1.807) is 0 Å². The molecule has 20 heavy (non-hydrogen) atoms. The number of aromatic nitrogens is 2. The summed E-state index contributed by atoms with van der Waals surface area (Å²) < 4.78 is 2.15. The van der Waals surface area contributed by atoms with Crippen LogP contribution in [0.1, 0.15) is 37.4 Å². The maximum Gasteiger partial charge on any atom is 0.0946 e. The van der Waals surface area contributed by atoms with Gasteiger partial charge in [0.25, 0.3) is 0 Å². The molecule has 0 saturated carbocycles. The van der Waals surface area contributed by atoms with Crippen molar-refractivity contribution in [1.29, 1.82) is 0 Å². The van der Waals surface area contributed by atoms with Crippen molar-refractivity contribution in [3.05, 3.63) is 40.6 Å². The summed E-state index contributed by atoms with van der Waals surface area (Å²) in [5.74, 6) is 0. The predicted molar refractivity (Wildman–Crippen MR) is 86.0 cm³/mol. The molecule has 0 aliphatic heterocycles. The maximum atomic E-state index is 4.13. The normalized spacial score (nSPS) is 13.6. The number of hydrogen-bond donors (Lipinski definition) is 1. The van der Waals surface area contributed by atoms with E-state index in [1.807, 2.05) is 30.1 Å². The number of hydrogen-bond acceptors (Lipinski definition) is 3. The molecule has 1 atom stereocenters. The summed E-state index contributed by atoms with van der Waals surface area (Å²) >= 11 is 1.91. The van der Waals surface area contributed by atoms with E-state index < -0.39 is 0 Å². The Morgan fingerprint density at radius 2 is 2.05 bits per heavy atom. The van der Waals surface area contributed by atoms with Crippen LogP contribution in [0.5, 0.6) is 0 Å². The predicted octanol–water partition coefficient (Wildman–Crippen LogP) is 3.71. The molecule has 0 aliphatic rings. The first-order valence-electron chi connectivity index (χ1n) is 7.25. The summed E-state index contributed by atoms with van der Waals surface area (Å²) in [5, 5.41) is 3.71. The van der Waals surface area contributed by atoms with Crippen molar-refractivity contribution < 1.29 is 0 Å². The molecular weight excluding hydrogens is 266 g/mol. The second kappa shape index (κ2) is 6.55. The van der Waals surface area contributed by atoms with Gasteiger partial charge in [0.1, 0.15) is 0 Å². The minimum absolute atomic E-state index is 0.217. The molecule has 2 heterocycles. The molecule has 2 aromatic rings. The molecule has 0 aromatic carbocycles. The molecule has 0 bridgehead atoms. The van der Waals surface area contributed by atoms with Crippen LogP contribution in [0.4, 0.5) is 0 Å². The van der Waals surface area contributed by atoms with Crippen LogP contribution in [-0.4, -0.2) is 15.6 Å². The van der Waals surface area contributed by atoms with Crippen molar-refractivity contribution in [2.75, 3.05) is 0 Å². The molecule has 4 heteroatoms. The van der Waals surface area contributed by atoms with Gasteiger partial charge in [0.05, 0.1) is 6.33 Å². The lowest BCUT2D eigenvalue weighted by atomic mass is 9.86. The topological polar surface area (TPSA) is 29.9 Å². The zero-order valence-electron chi connectivity index (χ0n) is 12.9. The van der Waals surface area contributed by atoms with Gasteiger partial charge in [0.2, 0.25) is 0 Å². The third-order valence-electron chi connectivity index (χ3n) is 3.59. The molecule has 0 aliphatic carbocycles. The summed E-state index contributed by atoms with van der Waals surface area (Å²) in [6, 6.07) is 4.90. The van der Waals surface area contributed by atoms with Gasteiger partial charge in [0.15, 0.2) is 0 Å². The van der Waals surface area contributed by atoms with Gasteiger partial charge < -0.3 is 9.88 Å². The molecule has 0 radical (unpaired) electrons. The van der Waals surface area contributed by atoms with E-state index in [0.29, 0.717) is 6.04 Å². The average Bonchev–Trinajstić information content (AvgIpc) is 3.04. The largest absolute Gasteiger partial charge is 0.336 e. The lowest BCUT2D eigenvalue weighted by Gasteiger charge is -2.32. The van der Waals surface area contributed by atoms with E-state index >= 15 is 0 Å². The summed E-state index contributed by atoms with van der Waals surface area (Å²) in [4.78, 5) is 7.01. The summed E-state index contributed by atoms with van der Waals surface area (Å²) in [7, 11) is 0. The van der Waals surface area contributed by atoms with E-state index in [2.05, 4.69) is 54.7 Å². The summed E-state index contributed by atoms with van der Waals surface area (Å²) in [6.07, 6.45) is 6.89. The second-order valence-electron chi connectivity index (χ2n) is 6.28. The van der Waals surface area contributed by atoms with Crippen molar-refractivity contribution in [3.63, 3.8) is 0 Å². The van der Waals surface area contributed by atoms with Gasteiger partial charge in [-0.05, 0) is 24.0 Å². The van der Waals surface area contributed by atoms with Crippen LogP contribution in [0.25, 0.3) is 0 Å². The lowest BCUT2D eigenvalue weighted by molar-refractivity contribution is 0.240. The van der Waals surface area contributed by atoms with E-state index in [4.69, 9.17) is 0 Å². The Balaban J connectivity index is 1.97. The SMILES string of the molecule is CCc1ccc(CNC(Cn2ccnc2)C(C)(C)C)s1. The Bertz CT molecular complexity index is 508. The molecule has 0 spiro atoms. The third-order valence-corrected chi connectivity index (χ3v) is 4.82. The number of rotatable bonds is 6. The molecule has 2 rings (SSSR count). The lowest BCUT2D eigenvalue weighted by Crippen LogP contribution is -2.42. The highest BCUT2D eigenvalue weighted by Gasteiger charge is 2.24. The van der Waals surface area contributed by atoms with Crippen molar-refractivity contribution in [1.82, 2.24) is 14.9 Å². The number of aryl methyl sites for hydroxylation is 1. The first-order chi connectivity index (χ1) is 9.49. The number of imidazole rings is 1. The van der Waals surface area contributed by atoms with Crippen molar-refractivity contribution >= 4 is 11.3 Å². The first kappa shape index (κ1) is 15.3. The Hall–Kier alpha value is -1.13.